The molecule has 0 fully saturated rings. The second kappa shape index (κ2) is 17.6. The molecule has 216 valence electrons. The van der Waals surface area contributed by atoms with Crippen molar-refractivity contribution < 1.29 is 18.9 Å². The highest BCUT2D eigenvalue weighted by molar-refractivity contribution is 7.12. The van der Waals surface area contributed by atoms with Crippen LogP contribution in [0.1, 0.15) is 107 Å². The summed E-state index contributed by atoms with van der Waals surface area (Å²) in [5.41, 5.74) is 3.14. The number of nitrogens with one attached hydrogen (secondary N) is 1. The Labute approximate surface area is 245 Å². The Balaban J connectivity index is 1.44. The summed E-state index contributed by atoms with van der Waals surface area (Å²) in [5.74, 6) is 0.364. The maximum Gasteiger partial charge on any atom is 0.268 e. The maximum absolute atomic E-state index is 12.9. The third kappa shape index (κ3) is 10.5. The largest absolute Gasteiger partial charge is 0.493 e. The Morgan fingerprint density at radius 3 is 2.05 bits per heavy atom. The first kappa shape index (κ1) is 31.5. The number of ether oxygens (including phenoxy) is 1. The maximum atomic E-state index is 12.9. The van der Waals surface area contributed by atoms with Gasteiger partial charge in [0.15, 0.2) is 12.0 Å². The molecule has 0 unspecified atom stereocenters. The van der Waals surface area contributed by atoms with Crippen molar-refractivity contribution in [3.63, 3.8) is 0 Å². The van der Waals surface area contributed by atoms with Crippen molar-refractivity contribution in [2.24, 2.45) is 7.05 Å². The second-order valence-corrected chi connectivity index (χ2v) is 11.6. The van der Waals surface area contributed by atoms with E-state index in [1.165, 1.54) is 64.2 Å². The van der Waals surface area contributed by atoms with Gasteiger partial charge in [-0.3, -0.25) is 9.59 Å². The number of aromatic nitrogens is 1. The molecule has 1 aromatic heterocycles. The molecule has 1 N–H and O–H groups in total. The Bertz CT molecular complexity index is 1190. The number of amides is 1. The number of Topliss-reactive ketones (excluding diaryl/α,β-unsaturated/α-hetero) is 1. The van der Waals surface area contributed by atoms with Crippen LogP contribution in [0, 0.1) is 0 Å². The SMILES string of the molecule is CCCCCCCCCCCCCCOc1c(CC(=O)Nc2ccc(-c3scc[n+]3C)cc2)cccc1C(C)=O. The van der Waals surface area contributed by atoms with Crippen LogP contribution in [0.5, 0.6) is 5.75 Å². The van der Waals surface area contributed by atoms with E-state index in [1.54, 1.807) is 24.3 Å². The molecule has 0 atom stereocenters. The minimum Gasteiger partial charge on any atom is -0.493 e. The summed E-state index contributed by atoms with van der Waals surface area (Å²) in [4.78, 5) is 25.2. The van der Waals surface area contributed by atoms with Gasteiger partial charge >= 0.3 is 0 Å². The molecule has 0 saturated heterocycles. The Hall–Kier alpha value is -2.99. The third-order valence-electron chi connectivity index (χ3n) is 7.27. The first-order chi connectivity index (χ1) is 19.5. The lowest BCUT2D eigenvalue weighted by molar-refractivity contribution is -0.655. The van der Waals surface area contributed by atoms with Gasteiger partial charge in [-0.2, -0.15) is 4.57 Å². The summed E-state index contributed by atoms with van der Waals surface area (Å²) in [6.45, 7) is 4.36. The molecule has 1 heterocycles. The predicted molar refractivity (Wildman–Crippen MR) is 166 cm³/mol. The molecule has 3 aromatic rings. The van der Waals surface area contributed by atoms with E-state index in [2.05, 4.69) is 22.2 Å². The number of ketones is 1. The van der Waals surface area contributed by atoms with E-state index in [0.29, 0.717) is 17.9 Å². The number of nitrogens with zero attached hydrogens (tertiary/aromatic N) is 1. The number of carbonyl (C=O) groups excluding carboxylic acids is 2. The van der Waals surface area contributed by atoms with Crippen molar-refractivity contribution in [3.05, 3.63) is 65.2 Å². The molecule has 0 aliphatic carbocycles. The minimum absolute atomic E-state index is 0.0516. The lowest BCUT2D eigenvalue weighted by atomic mass is 10.0. The molecule has 1 amide bonds. The monoisotopic (exact) mass is 563 g/mol. The molecule has 40 heavy (non-hydrogen) atoms. The molecule has 0 bridgehead atoms. The van der Waals surface area contributed by atoms with Gasteiger partial charge in [-0.15, -0.1) is 0 Å². The van der Waals surface area contributed by atoms with Crippen molar-refractivity contribution in [2.75, 3.05) is 11.9 Å². The summed E-state index contributed by atoms with van der Waals surface area (Å²) >= 11 is 1.68. The van der Waals surface area contributed by atoms with Gasteiger partial charge in [0.2, 0.25) is 5.91 Å². The molecule has 0 radical (unpaired) electrons. The summed E-state index contributed by atoms with van der Waals surface area (Å²) in [6, 6.07) is 13.4. The number of hydrogen-bond donors (Lipinski definition) is 1. The van der Waals surface area contributed by atoms with Gasteiger partial charge in [0.1, 0.15) is 12.8 Å². The molecular formula is C34H47N2O3S+. The number of carbonyl (C=O) groups is 2. The van der Waals surface area contributed by atoms with E-state index in [4.69, 9.17) is 4.74 Å². The molecule has 0 aliphatic rings. The molecule has 0 saturated carbocycles. The molecule has 0 aliphatic heterocycles. The average molecular weight is 564 g/mol. The standard InChI is InChI=1S/C34H46N2O3S/c1-4-5-6-7-8-9-10-11-12-13-14-15-24-39-33-29(17-16-18-31(33)27(2)37)26-32(38)35-30-21-19-28(20-22-30)34-36(3)23-25-40-34/h16-23,25H,4-15,24,26H2,1-3H3/p+1. The summed E-state index contributed by atoms with van der Waals surface area (Å²) in [5, 5.41) is 6.20. The number of aryl methyl sites for hydroxylation is 1. The minimum atomic E-state index is -0.134. The van der Waals surface area contributed by atoms with E-state index in [-0.39, 0.29) is 18.1 Å². The van der Waals surface area contributed by atoms with Crippen LogP contribution in [0.2, 0.25) is 0 Å². The Kier molecular flexibility index (Phi) is 13.9. The lowest BCUT2D eigenvalue weighted by Crippen LogP contribution is -2.26. The zero-order chi connectivity index (χ0) is 28.6. The van der Waals surface area contributed by atoms with Gasteiger partial charge < -0.3 is 10.1 Å². The third-order valence-corrected chi connectivity index (χ3v) is 8.28. The summed E-state index contributed by atoms with van der Waals surface area (Å²) < 4.78 is 8.22. The highest BCUT2D eigenvalue weighted by atomic mass is 32.1. The highest BCUT2D eigenvalue weighted by Gasteiger charge is 2.17. The fourth-order valence-corrected chi connectivity index (χ4v) is 5.84. The number of unbranched alkanes of at least 4 members (excludes halogenated alkanes) is 11. The van der Waals surface area contributed by atoms with Crippen molar-refractivity contribution in [2.45, 2.75) is 97.3 Å². The molecule has 2 aromatic carbocycles. The first-order valence-corrected chi connectivity index (χ1v) is 16.0. The smallest absolute Gasteiger partial charge is 0.268 e. The number of para-hydroxylation sites is 1. The van der Waals surface area contributed by atoms with E-state index >= 15 is 0 Å². The lowest BCUT2D eigenvalue weighted by Gasteiger charge is -2.15. The van der Waals surface area contributed by atoms with Gasteiger partial charge in [0.05, 0.1) is 29.5 Å². The Morgan fingerprint density at radius 2 is 1.48 bits per heavy atom. The molecular weight excluding hydrogens is 516 g/mol. The van der Waals surface area contributed by atoms with Crippen molar-refractivity contribution in [3.8, 4) is 16.3 Å². The fourth-order valence-electron chi connectivity index (χ4n) is 4.97. The Morgan fingerprint density at radius 1 is 0.850 bits per heavy atom. The van der Waals surface area contributed by atoms with Gasteiger partial charge in [0, 0.05) is 11.3 Å². The quantitative estimate of drug-likeness (QED) is 0.0901. The molecule has 6 heteroatoms. The zero-order valence-electron chi connectivity index (χ0n) is 24.7. The number of hydrogen-bond acceptors (Lipinski definition) is 4. The normalized spacial score (nSPS) is 11.0. The van der Waals surface area contributed by atoms with E-state index in [9.17, 15) is 9.59 Å². The van der Waals surface area contributed by atoms with Crippen LogP contribution in [-0.2, 0) is 18.3 Å². The molecule has 3 rings (SSSR count). The van der Waals surface area contributed by atoms with Gasteiger partial charge in [-0.05, 0) is 43.7 Å². The van der Waals surface area contributed by atoms with Crippen LogP contribution in [0.4, 0.5) is 5.69 Å². The first-order valence-electron chi connectivity index (χ1n) is 15.1. The fraction of sp³-hybridized carbons (Fsp3) is 0.500. The average Bonchev–Trinajstić information content (AvgIpc) is 3.37. The van der Waals surface area contributed by atoms with E-state index in [0.717, 1.165) is 34.7 Å². The van der Waals surface area contributed by atoms with E-state index < -0.39 is 0 Å². The van der Waals surface area contributed by atoms with Crippen molar-refractivity contribution >= 4 is 28.7 Å². The van der Waals surface area contributed by atoms with Crippen molar-refractivity contribution in [1.29, 1.82) is 0 Å². The summed E-state index contributed by atoms with van der Waals surface area (Å²) in [7, 11) is 2.02. The van der Waals surface area contributed by atoms with Gasteiger partial charge in [-0.1, -0.05) is 101 Å². The van der Waals surface area contributed by atoms with Crippen LogP contribution in [0.3, 0.4) is 0 Å². The summed E-state index contributed by atoms with van der Waals surface area (Å²) in [6.07, 6.45) is 17.6. The molecule has 5 nitrogen and oxygen atoms in total. The number of benzene rings is 2. The van der Waals surface area contributed by atoms with Crippen molar-refractivity contribution in [1.82, 2.24) is 0 Å². The zero-order valence-corrected chi connectivity index (χ0v) is 25.5. The predicted octanol–water partition coefficient (Wildman–Crippen LogP) is 8.70. The van der Waals surface area contributed by atoms with Gasteiger partial charge in [-0.25, -0.2) is 0 Å². The highest BCUT2D eigenvalue weighted by Crippen LogP contribution is 2.27. The van der Waals surface area contributed by atoms with Crippen LogP contribution in [-0.4, -0.2) is 18.3 Å². The topological polar surface area (TPSA) is 59.3 Å². The van der Waals surface area contributed by atoms with Crippen LogP contribution >= 0.6 is 11.3 Å². The number of anilines is 1. The molecule has 0 spiro atoms. The van der Waals surface area contributed by atoms with Crippen LogP contribution in [0.25, 0.3) is 10.6 Å². The number of thiazole rings is 1. The van der Waals surface area contributed by atoms with Crippen LogP contribution in [0.15, 0.2) is 54.0 Å². The second-order valence-electron chi connectivity index (χ2n) is 10.7. The number of rotatable bonds is 19. The van der Waals surface area contributed by atoms with E-state index in [1.807, 2.05) is 49.6 Å². The van der Waals surface area contributed by atoms with Crippen LogP contribution < -0.4 is 14.6 Å². The van der Waals surface area contributed by atoms with Gasteiger partial charge in [0.25, 0.3) is 5.01 Å².